The molecule has 0 saturated carbocycles. The summed E-state index contributed by atoms with van der Waals surface area (Å²) in [5, 5.41) is 4.86. The minimum atomic E-state index is -1.52. The smallest absolute Gasteiger partial charge is 0.329 e. The first kappa shape index (κ1) is 22.6. The van der Waals surface area contributed by atoms with Crippen LogP contribution in [0.2, 0.25) is 0 Å². The summed E-state index contributed by atoms with van der Waals surface area (Å²) in [5.41, 5.74) is 0.256. The number of carbonyl (C=O) groups is 5. The van der Waals surface area contributed by atoms with E-state index in [1.54, 1.807) is 12.1 Å². The van der Waals surface area contributed by atoms with Gasteiger partial charge in [0.1, 0.15) is 6.04 Å². The van der Waals surface area contributed by atoms with Crippen molar-refractivity contribution >= 4 is 35.4 Å². The molecule has 0 aliphatic rings. The van der Waals surface area contributed by atoms with Crippen molar-refractivity contribution in [3.05, 3.63) is 29.8 Å². The Balaban J connectivity index is 3.22. The van der Waals surface area contributed by atoms with E-state index in [0.717, 1.165) is 21.3 Å². The van der Waals surface area contributed by atoms with E-state index in [-0.39, 0.29) is 11.3 Å². The number of carbonyl (C=O) groups excluding carboxylic acids is 5. The van der Waals surface area contributed by atoms with Crippen molar-refractivity contribution in [1.82, 2.24) is 5.32 Å². The first-order valence-corrected chi connectivity index (χ1v) is 8.15. The van der Waals surface area contributed by atoms with Crippen molar-refractivity contribution in [1.29, 1.82) is 0 Å². The third-order valence-corrected chi connectivity index (χ3v) is 3.74. The summed E-state index contributed by atoms with van der Waals surface area (Å²) in [4.78, 5) is 60.0. The van der Waals surface area contributed by atoms with E-state index in [0.29, 0.717) is 0 Å². The Kier molecular flexibility index (Phi) is 8.60. The molecule has 152 valence electrons. The Morgan fingerprint density at radius 2 is 1.54 bits per heavy atom. The van der Waals surface area contributed by atoms with Crippen LogP contribution in [0.5, 0.6) is 0 Å². The number of para-hydroxylation sites is 1. The first-order chi connectivity index (χ1) is 13.2. The largest absolute Gasteiger partial charge is 0.469 e. The van der Waals surface area contributed by atoms with Gasteiger partial charge in [-0.2, -0.15) is 0 Å². The van der Waals surface area contributed by atoms with Gasteiger partial charge in [0.2, 0.25) is 5.91 Å². The average molecular weight is 394 g/mol. The van der Waals surface area contributed by atoms with E-state index >= 15 is 0 Å². The SMILES string of the molecule is COC(=O)C[C@H](C(=O)OC)[C@H](NC(=O)c1ccccc1NC(C)=O)C(=O)OC. The molecule has 2 N–H and O–H groups in total. The van der Waals surface area contributed by atoms with Crippen molar-refractivity contribution in [2.24, 2.45) is 5.92 Å². The fourth-order valence-corrected chi connectivity index (χ4v) is 2.40. The average Bonchev–Trinajstić information content (AvgIpc) is 2.68. The summed E-state index contributed by atoms with van der Waals surface area (Å²) >= 11 is 0. The molecule has 0 heterocycles. The molecule has 0 unspecified atom stereocenters. The number of amides is 2. The number of ether oxygens (including phenoxy) is 3. The van der Waals surface area contributed by atoms with Crippen LogP contribution in [-0.4, -0.2) is 57.1 Å². The summed E-state index contributed by atoms with van der Waals surface area (Å²) < 4.78 is 13.8. The van der Waals surface area contributed by atoms with Crippen LogP contribution in [0, 0.1) is 5.92 Å². The molecule has 1 aromatic carbocycles. The Morgan fingerprint density at radius 3 is 2.07 bits per heavy atom. The van der Waals surface area contributed by atoms with E-state index in [9.17, 15) is 24.0 Å². The van der Waals surface area contributed by atoms with Crippen LogP contribution in [0.1, 0.15) is 23.7 Å². The number of rotatable bonds is 8. The van der Waals surface area contributed by atoms with E-state index in [1.165, 1.54) is 19.1 Å². The van der Waals surface area contributed by atoms with Crippen LogP contribution >= 0.6 is 0 Å². The van der Waals surface area contributed by atoms with Crippen molar-refractivity contribution in [2.45, 2.75) is 19.4 Å². The summed E-state index contributed by atoms with van der Waals surface area (Å²) in [6.07, 6.45) is -0.517. The quantitative estimate of drug-likeness (QED) is 0.473. The normalized spacial score (nSPS) is 12.1. The number of nitrogens with one attached hydrogen (secondary N) is 2. The fraction of sp³-hybridized carbons (Fsp3) is 0.389. The van der Waals surface area contributed by atoms with Gasteiger partial charge in [-0.25, -0.2) is 4.79 Å². The molecule has 0 aliphatic heterocycles. The lowest BCUT2D eigenvalue weighted by molar-refractivity contribution is -0.158. The highest BCUT2D eigenvalue weighted by Crippen LogP contribution is 2.18. The molecule has 0 spiro atoms. The van der Waals surface area contributed by atoms with E-state index < -0.39 is 48.1 Å². The maximum atomic E-state index is 12.7. The monoisotopic (exact) mass is 394 g/mol. The van der Waals surface area contributed by atoms with Gasteiger partial charge in [-0.1, -0.05) is 12.1 Å². The second-order valence-corrected chi connectivity index (χ2v) is 5.61. The molecule has 0 aliphatic carbocycles. The fourth-order valence-electron chi connectivity index (χ4n) is 2.40. The van der Waals surface area contributed by atoms with Crippen molar-refractivity contribution in [3.8, 4) is 0 Å². The summed E-state index contributed by atoms with van der Waals surface area (Å²) in [6, 6.07) is 4.56. The van der Waals surface area contributed by atoms with Gasteiger partial charge in [0.05, 0.1) is 44.9 Å². The van der Waals surface area contributed by atoms with Gasteiger partial charge >= 0.3 is 17.9 Å². The Bertz CT molecular complexity index is 762. The molecule has 0 bridgehead atoms. The molecule has 10 heteroatoms. The van der Waals surface area contributed by atoms with Gasteiger partial charge in [-0.05, 0) is 12.1 Å². The highest BCUT2D eigenvalue weighted by Gasteiger charge is 2.39. The summed E-state index contributed by atoms with van der Waals surface area (Å²) in [7, 11) is 3.26. The second-order valence-electron chi connectivity index (χ2n) is 5.61. The van der Waals surface area contributed by atoms with E-state index in [4.69, 9.17) is 0 Å². The molecule has 10 nitrogen and oxygen atoms in total. The van der Waals surface area contributed by atoms with Gasteiger partial charge in [0, 0.05) is 6.92 Å². The minimum absolute atomic E-state index is 0.0493. The first-order valence-electron chi connectivity index (χ1n) is 8.15. The molecule has 2 amide bonds. The Morgan fingerprint density at radius 1 is 0.929 bits per heavy atom. The summed E-state index contributed by atoms with van der Waals surface area (Å²) in [6.45, 7) is 1.27. The molecule has 0 saturated heterocycles. The van der Waals surface area contributed by atoms with Crippen LogP contribution in [0.3, 0.4) is 0 Å². The number of methoxy groups -OCH3 is 3. The van der Waals surface area contributed by atoms with Crippen LogP contribution in [0.15, 0.2) is 24.3 Å². The van der Waals surface area contributed by atoms with Gasteiger partial charge in [-0.3, -0.25) is 19.2 Å². The predicted molar refractivity (Wildman–Crippen MR) is 96.2 cm³/mol. The predicted octanol–water partition coefficient (Wildman–Crippen LogP) is 0.269. The van der Waals surface area contributed by atoms with Gasteiger partial charge in [-0.15, -0.1) is 0 Å². The molecule has 0 aromatic heterocycles. The number of hydrogen-bond acceptors (Lipinski definition) is 8. The lowest BCUT2D eigenvalue weighted by atomic mass is 9.95. The number of anilines is 1. The third-order valence-electron chi connectivity index (χ3n) is 3.74. The van der Waals surface area contributed by atoms with Gasteiger partial charge in [0.15, 0.2) is 0 Å². The zero-order valence-electron chi connectivity index (χ0n) is 15.9. The topological polar surface area (TPSA) is 137 Å². The second kappa shape index (κ2) is 10.7. The van der Waals surface area contributed by atoms with Crippen molar-refractivity contribution in [2.75, 3.05) is 26.6 Å². The van der Waals surface area contributed by atoms with Crippen LogP contribution in [0.25, 0.3) is 0 Å². The standard InChI is InChI=1S/C18H22N2O8/c1-10(21)19-13-8-6-5-7-11(13)16(23)20-15(18(25)28-4)12(17(24)27-3)9-14(22)26-2/h5-8,12,15H,9H2,1-4H3,(H,19,21)(H,20,23)/t12-,15-/m0/s1. The molecule has 28 heavy (non-hydrogen) atoms. The van der Waals surface area contributed by atoms with Crippen LogP contribution in [-0.2, 0) is 33.4 Å². The number of hydrogen-bond donors (Lipinski definition) is 2. The van der Waals surface area contributed by atoms with Crippen molar-refractivity contribution < 1.29 is 38.2 Å². The molecule has 2 atom stereocenters. The van der Waals surface area contributed by atoms with Crippen LogP contribution < -0.4 is 10.6 Å². The maximum absolute atomic E-state index is 12.7. The highest BCUT2D eigenvalue weighted by molar-refractivity contribution is 6.05. The number of benzene rings is 1. The zero-order valence-corrected chi connectivity index (χ0v) is 15.9. The Labute approximate surface area is 161 Å². The third kappa shape index (κ3) is 6.08. The van der Waals surface area contributed by atoms with Crippen LogP contribution in [0.4, 0.5) is 5.69 Å². The zero-order chi connectivity index (χ0) is 21.3. The Hall–Kier alpha value is -3.43. The van der Waals surface area contributed by atoms with Gasteiger partial charge < -0.3 is 24.8 Å². The lowest BCUT2D eigenvalue weighted by Gasteiger charge is -2.24. The van der Waals surface area contributed by atoms with E-state index in [2.05, 4.69) is 24.8 Å². The molecule has 0 fully saturated rings. The number of esters is 3. The van der Waals surface area contributed by atoms with Gasteiger partial charge in [0.25, 0.3) is 5.91 Å². The maximum Gasteiger partial charge on any atom is 0.329 e. The molecule has 1 aromatic rings. The minimum Gasteiger partial charge on any atom is -0.469 e. The molecular formula is C18H22N2O8. The highest BCUT2D eigenvalue weighted by atomic mass is 16.5. The van der Waals surface area contributed by atoms with E-state index in [1.807, 2.05) is 0 Å². The molecule has 0 radical (unpaired) electrons. The lowest BCUT2D eigenvalue weighted by Crippen LogP contribution is -2.50. The molecule has 1 rings (SSSR count). The van der Waals surface area contributed by atoms with Crippen molar-refractivity contribution in [3.63, 3.8) is 0 Å². The summed E-state index contributed by atoms with van der Waals surface area (Å²) in [5.74, 6) is -5.18. The molecular weight excluding hydrogens is 372 g/mol.